The molecule has 0 saturated heterocycles. The fourth-order valence-corrected chi connectivity index (χ4v) is 1.24. The summed E-state index contributed by atoms with van der Waals surface area (Å²) in [7, 11) is 0. The topological polar surface area (TPSA) is 80.1 Å². The van der Waals surface area contributed by atoms with Crippen LogP contribution in [0.5, 0.6) is 0 Å². The minimum Gasteiger partial charge on any atom is -0.377 e. The van der Waals surface area contributed by atoms with E-state index in [2.05, 4.69) is 15.6 Å². The number of hydrogen-bond donors (Lipinski definition) is 2. The highest BCUT2D eigenvalue weighted by Crippen LogP contribution is 2.19. The predicted octanol–water partition coefficient (Wildman–Crippen LogP) is 1.40. The van der Waals surface area contributed by atoms with E-state index in [0.717, 1.165) is 6.54 Å². The van der Waals surface area contributed by atoms with Crippen molar-refractivity contribution in [3.8, 4) is 0 Å². The molecule has 6 nitrogen and oxygen atoms in total. The van der Waals surface area contributed by atoms with Gasteiger partial charge >= 0.3 is 5.82 Å². The zero-order valence-corrected chi connectivity index (χ0v) is 9.43. The monoisotopic (exact) mass is 224 g/mol. The summed E-state index contributed by atoms with van der Waals surface area (Å²) < 4.78 is 0. The average molecular weight is 224 g/mol. The van der Waals surface area contributed by atoms with Crippen molar-refractivity contribution < 1.29 is 4.92 Å². The van der Waals surface area contributed by atoms with Crippen molar-refractivity contribution in [2.45, 2.75) is 19.9 Å². The Labute approximate surface area is 94.2 Å². The third-order valence-electron chi connectivity index (χ3n) is 1.95. The molecule has 1 heterocycles. The Kier molecular flexibility index (Phi) is 4.65. The molecule has 1 aromatic rings. The number of hydrogen-bond acceptors (Lipinski definition) is 5. The molecule has 0 atom stereocenters. The Morgan fingerprint density at radius 2 is 2.25 bits per heavy atom. The van der Waals surface area contributed by atoms with Gasteiger partial charge in [-0.1, -0.05) is 13.8 Å². The Morgan fingerprint density at radius 3 is 2.88 bits per heavy atom. The van der Waals surface area contributed by atoms with Gasteiger partial charge in [-0.3, -0.25) is 0 Å². The number of nitrogens with one attached hydrogen (secondary N) is 2. The highest BCUT2D eigenvalue weighted by Gasteiger charge is 2.12. The normalized spacial score (nSPS) is 10.4. The zero-order chi connectivity index (χ0) is 12.0. The van der Waals surface area contributed by atoms with Gasteiger partial charge in [0.15, 0.2) is 0 Å². The molecule has 0 bridgehead atoms. The van der Waals surface area contributed by atoms with Gasteiger partial charge in [0.1, 0.15) is 11.9 Å². The molecular weight excluding hydrogens is 208 g/mol. The first-order valence-corrected chi connectivity index (χ1v) is 5.18. The first kappa shape index (κ1) is 12.4. The standard InChI is InChI=1S/C10H16N4O2/c1-8(2)11-6-7-12-9-4-3-5-13-10(9)14(15)16/h3-5,8,11-12H,6-7H2,1-2H3. The van der Waals surface area contributed by atoms with Crippen LogP contribution in [-0.4, -0.2) is 29.0 Å². The van der Waals surface area contributed by atoms with Gasteiger partial charge in [0.25, 0.3) is 0 Å². The molecule has 0 spiro atoms. The summed E-state index contributed by atoms with van der Waals surface area (Å²) in [6, 6.07) is 3.73. The summed E-state index contributed by atoms with van der Waals surface area (Å²) >= 11 is 0. The second-order valence-corrected chi connectivity index (χ2v) is 3.67. The summed E-state index contributed by atoms with van der Waals surface area (Å²) in [6.45, 7) is 5.48. The Bertz CT molecular complexity index is 354. The third-order valence-corrected chi connectivity index (χ3v) is 1.95. The second kappa shape index (κ2) is 6.02. The van der Waals surface area contributed by atoms with E-state index in [1.165, 1.54) is 6.20 Å². The van der Waals surface area contributed by atoms with Crippen molar-refractivity contribution in [3.05, 3.63) is 28.4 Å². The molecule has 1 rings (SSSR count). The third kappa shape index (κ3) is 3.82. The van der Waals surface area contributed by atoms with E-state index in [1.54, 1.807) is 12.1 Å². The van der Waals surface area contributed by atoms with Gasteiger partial charge in [0, 0.05) is 19.1 Å². The van der Waals surface area contributed by atoms with Crippen LogP contribution >= 0.6 is 0 Å². The lowest BCUT2D eigenvalue weighted by molar-refractivity contribution is -0.388. The molecule has 88 valence electrons. The average Bonchev–Trinajstić information content (AvgIpc) is 2.24. The van der Waals surface area contributed by atoms with Gasteiger partial charge in [-0.25, -0.2) is 0 Å². The van der Waals surface area contributed by atoms with E-state index >= 15 is 0 Å². The van der Waals surface area contributed by atoms with Crippen molar-refractivity contribution in [2.24, 2.45) is 0 Å². The molecule has 0 fully saturated rings. The Morgan fingerprint density at radius 1 is 1.50 bits per heavy atom. The number of rotatable bonds is 6. The molecule has 2 N–H and O–H groups in total. The summed E-state index contributed by atoms with van der Waals surface area (Å²) in [4.78, 5) is 13.9. The van der Waals surface area contributed by atoms with E-state index in [4.69, 9.17) is 0 Å². The van der Waals surface area contributed by atoms with E-state index in [9.17, 15) is 10.1 Å². The van der Waals surface area contributed by atoms with Crippen LogP contribution in [0.4, 0.5) is 11.5 Å². The van der Waals surface area contributed by atoms with Crippen molar-refractivity contribution in [1.82, 2.24) is 10.3 Å². The Balaban J connectivity index is 2.50. The van der Waals surface area contributed by atoms with Crippen LogP contribution in [0.25, 0.3) is 0 Å². The van der Waals surface area contributed by atoms with Crippen LogP contribution in [-0.2, 0) is 0 Å². The van der Waals surface area contributed by atoms with Crippen LogP contribution in [0.2, 0.25) is 0 Å². The van der Waals surface area contributed by atoms with Gasteiger partial charge in [0.2, 0.25) is 0 Å². The number of nitrogens with zero attached hydrogens (tertiary/aromatic N) is 2. The summed E-state index contributed by atoms with van der Waals surface area (Å²) in [5, 5.41) is 16.8. The van der Waals surface area contributed by atoms with Crippen LogP contribution in [0.3, 0.4) is 0 Å². The zero-order valence-electron chi connectivity index (χ0n) is 9.43. The predicted molar refractivity (Wildman–Crippen MR) is 62.5 cm³/mol. The molecular formula is C10H16N4O2. The number of nitro groups is 1. The van der Waals surface area contributed by atoms with Crippen molar-refractivity contribution >= 4 is 11.5 Å². The summed E-state index contributed by atoms with van der Waals surface area (Å²) in [5.41, 5.74) is 0.457. The van der Waals surface area contributed by atoms with Gasteiger partial charge < -0.3 is 20.7 Å². The van der Waals surface area contributed by atoms with E-state index in [-0.39, 0.29) is 5.82 Å². The molecule has 0 unspecified atom stereocenters. The number of pyridine rings is 1. The maximum Gasteiger partial charge on any atom is 0.386 e. The van der Waals surface area contributed by atoms with Crippen LogP contribution in [0.15, 0.2) is 18.3 Å². The van der Waals surface area contributed by atoms with Crippen molar-refractivity contribution in [1.29, 1.82) is 0 Å². The van der Waals surface area contributed by atoms with Crippen LogP contribution in [0, 0.1) is 10.1 Å². The highest BCUT2D eigenvalue weighted by atomic mass is 16.6. The number of anilines is 1. The molecule has 0 amide bonds. The minimum absolute atomic E-state index is 0.132. The van der Waals surface area contributed by atoms with E-state index < -0.39 is 4.92 Å². The van der Waals surface area contributed by atoms with Gasteiger partial charge in [0.05, 0.1) is 0 Å². The summed E-state index contributed by atoms with van der Waals surface area (Å²) in [5.74, 6) is -0.132. The first-order chi connectivity index (χ1) is 7.61. The van der Waals surface area contributed by atoms with E-state index in [1.807, 2.05) is 13.8 Å². The van der Waals surface area contributed by atoms with Gasteiger partial charge in [-0.05, 0) is 22.0 Å². The van der Waals surface area contributed by atoms with E-state index in [0.29, 0.717) is 18.3 Å². The first-order valence-electron chi connectivity index (χ1n) is 5.18. The van der Waals surface area contributed by atoms with Crippen LogP contribution < -0.4 is 10.6 Å². The lowest BCUT2D eigenvalue weighted by Gasteiger charge is -2.09. The molecule has 0 radical (unpaired) electrons. The number of aromatic nitrogens is 1. The molecule has 0 aromatic carbocycles. The molecule has 1 aromatic heterocycles. The SMILES string of the molecule is CC(C)NCCNc1cccnc1[N+](=O)[O-]. The fraction of sp³-hybridized carbons (Fsp3) is 0.500. The second-order valence-electron chi connectivity index (χ2n) is 3.67. The van der Waals surface area contributed by atoms with Crippen molar-refractivity contribution in [2.75, 3.05) is 18.4 Å². The van der Waals surface area contributed by atoms with Crippen LogP contribution in [0.1, 0.15) is 13.8 Å². The molecule has 0 aliphatic heterocycles. The minimum atomic E-state index is -0.488. The molecule has 0 saturated carbocycles. The molecule has 6 heteroatoms. The lowest BCUT2D eigenvalue weighted by atomic mass is 10.3. The molecule has 0 aliphatic rings. The Hall–Kier alpha value is -1.69. The van der Waals surface area contributed by atoms with Gasteiger partial charge in [-0.15, -0.1) is 0 Å². The highest BCUT2D eigenvalue weighted by molar-refractivity contribution is 5.56. The smallest absolute Gasteiger partial charge is 0.377 e. The van der Waals surface area contributed by atoms with Gasteiger partial charge in [-0.2, -0.15) is 0 Å². The maximum atomic E-state index is 10.7. The van der Waals surface area contributed by atoms with Crippen molar-refractivity contribution in [3.63, 3.8) is 0 Å². The maximum absolute atomic E-state index is 10.7. The summed E-state index contributed by atoms with van der Waals surface area (Å²) in [6.07, 6.45) is 1.41. The fourth-order valence-electron chi connectivity index (χ4n) is 1.24. The largest absolute Gasteiger partial charge is 0.386 e. The quantitative estimate of drug-likeness (QED) is 0.433. The molecule has 0 aliphatic carbocycles. The lowest BCUT2D eigenvalue weighted by Crippen LogP contribution is -2.28. The molecule has 16 heavy (non-hydrogen) atoms.